The molecule has 0 radical (unpaired) electrons. The van der Waals surface area contributed by atoms with Crippen LogP contribution in [0.25, 0.3) is 0 Å². The Hall–Kier alpha value is -2.74. The molecule has 8 heteroatoms. The van der Waals surface area contributed by atoms with Crippen molar-refractivity contribution < 1.29 is 27.4 Å². The number of ether oxygens (including phenoxy) is 2. The quantitative estimate of drug-likeness (QED) is 0.786. The fourth-order valence-electron chi connectivity index (χ4n) is 3.57. The summed E-state index contributed by atoms with van der Waals surface area (Å²) in [5.74, 6) is -2.72. The second kappa shape index (κ2) is 8.73. The summed E-state index contributed by atoms with van der Waals surface area (Å²) in [4.78, 5) is 14.4. The number of benzene rings is 2. The summed E-state index contributed by atoms with van der Waals surface area (Å²) >= 11 is 0. The van der Waals surface area contributed by atoms with Gasteiger partial charge in [0.1, 0.15) is 11.5 Å². The van der Waals surface area contributed by atoms with Gasteiger partial charge in [-0.05, 0) is 5.56 Å². The number of rotatable bonds is 6. The number of nitrogens with one attached hydrogen (secondary N) is 1. The van der Waals surface area contributed by atoms with Crippen molar-refractivity contribution in [2.24, 2.45) is 11.8 Å². The summed E-state index contributed by atoms with van der Waals surface area (Å²) in [7, 11) is 2.91. The topological polar surface area (TPSA) is 50.8 Å². The Balaban J connectivity index is 1.76. The average molecular weight is 408 g/mol. The molecule has 0 unspecified atom stereocenters. The third-order valence-electron chi connectivity index (χ3n) is 5.02. The summed E-state index contributed by atoms with van der Waals surface area (Å²) < 4.78 is 51.1. The zero-order chi connectivity index (χ0) is 21.0. The first-order valence-corrected chi connectivity index (χ1v) is 9.17. The van der Waals surface area contributed by atoms with Crippen LogP contribution in [0, 0.1) is 11.8 Å². The predicted molar refractivity (Wildman–Crippen MR) is 103 cm³/mol. The summed E-state index contributed by atoms with van der Waals surface area (Å²) in [5, 5.41) is 2.59. The van der Waals surface area contributed by atoms with Gasteiger partial charge in [-0.2, -0.15) is 13.2 Å². The van der Waals surface area contributed by atoms with Gasteiger partial charge in [-0.3, -0.25) is 9.69 Å². The standard InChI is InChI=1S/C21H23F3N2O3/c1-28-16-8-15(9-17(10-16)29-2)25-20(27)18-12-26(13-19(18)21(22,23)24)11-14-6-4-3-5-7-14/h3-10,18-19H,11-13H2,1-2H3,(H,25,27)/t18-,19+/m1/s1. The molecule has 0 saturated carbocycles. The van der Waals surface area contributed by atoms with E-state index in [1.807, 2.05) is 30.3 Å². The van der Waals surface area contributed by atoms with Crippen LogP contribution in [0.4, 0.5) is 18.9 Å². The smallest absolute Gasteiger partial charge is 0.393 e. The van der Waals surface area contributed by atoms with E-state index in [1.54, 1.807) is 23.1 Å². The molecule has 29 heavy (non-hydrogen) atoms. The van der Waals surface area contributed by atoms with Crippen LogP contribution in [-0.4, -0.2) is 44.3 Å². The summed E-state index contributed by atoms with van der Waals surface area (Å²) in [6.07, 6.45) is -4.46. The molecule has 1 aliphatic rings. The van der Waals surface area contributed by atoms with Crippen molar-refractivity contribution in [3.8, 4) is 11.5 Å². The van der Waals surface area contributed by atoms with Crippen molar-refractivity contribution in [1.29, 1.82) is 0 Å². The van der Waals surface area contributed by atoms with Gasteiger partial charge < -0.3 is 14.8 Å². The molecular formula is C21H23F3N2O3. The van der Waals surface area contributed by atoms with E-state index in [4.69, 9.17) is 9.47 Å². The molecule has 1 saturated heterocycles. The van der Waals surface area contributed by atoms with Gasteiger partial charge in [0.25, 0.3) is 0 Å². The lowest BCUT2D eigenvalue weighted by Crippen LogP contribution is -2.36. The Morgan fingerprint density at radius 3 is 2.24 bits per heavy atom. The van der Waals surface area contributed by atoms with E-state index >= 15 is 0 Å². The van der Waals surface area contributed by atoms with Gasteiger partial charge in [-0.1, -0.05) is 30.3 Å². The molecular weight excluding hydrogens is 385 g/mol. The van der Waals surface area contributed by atoms with Gasteiger partial charge in [-0.25, -0.2) is 0 Å². The molecule has 5 nitrogen and oxygen atoms in total. The Labute approximate surface area is 167 Å². The Morgan fingerprint density at radius 1 is 1.07 bits per heavy atom. The zero-order valence-electron chi connectivity index (χ0n) is 16.2. The summed E-state index contributed by atoms with van der Waals surface area (Å²) in [5.41, 5.74) is 1.24. The molecule has 3 rings (SSSR count). The van der Waals surface area contributed by atoms with E-state index < -0.39 is 23.9 Å². The van der Waals surface area contributed by atoms with E-state index in [9.17, 15) is 18.0 Å². The van der Waals surface area contributed by atoms with Crippen LogP contribution in [0.3, 0.4) is 0 Å². The molecule has 156 valence electrons. The van der Waals surface area contributed by atoms with Gasteiger partial charge in [0.05, 0.1) is 26.1 Å². The largest absolute Gasteiger partial charge is 0.497 e. The minimum absolute atomic E-state index is 0.0337. The van der Waals surface area contributed by atoms with E-state index in [0.717, 1.165) is 5.56 Å². The van der Waals surface area contributed by atoms with Crippen LogP contribution < -0.4 is 14.8 Å². The highest BCUT2D eigenvalue weighted by molar-refractivity contribution is 5.93. The molecule has 0 bridgehead atoms. The first-order chi connectivity index (χ1) is 13.8. The number of hydrogen-bond acceptors (Lipinski definition) is 4. The Morgan fingerprint density at radius 2 is 1.69 bits per heavy atom. The first kappa shape index (κ1) is 21.0. The van der Waals surface area contributed by atoms with E-state index in [1.165, 1.54) is 14.2 Å². The third kappa shape index (κ3) is 5.20. The van der Waals surface area contributed by atoms with Crippen LogP contribution in [0.2, 0.25) is 0 Å². The lowest BCUT2D eigenvalue weighted by Gasteiger charge is -2.21. The van der Waals surface area contributed by atoms with Gasteiger partial charge >= 0.3 is 6.18 Å². The van der Waals surface area contributed by atoms with E-state index in [-0.39, 0.29) is 13.1 Å². The number of likely N-dealkylation sites (tertiary alicyclic amines) is 1. The lowest BCUT2D eigenvalue weighted by molar-refractivity contribution is -0.182. The number of amides is 1. The molecule has 0 aromatic heterocycles. The number of halogens is 3. The van der Waals surface area contributed by atoms with Crippen molar-refractivity contribution in [3.05, 3.63) is 54.1 Å². The first-order valence-electron chi connectivity index (χ1n) is 9.17. The molecule has 1 aliphatic heterocycles. The number of anilines is 1. The van der Waals surface area contributed by atoms with Crippen molar-refractivity contribution in [3.63, 3.8) is 0 Å². The molecule has 2 atom stereocenters. The van der Waals surface area contributed by atoms with Crippen LogP contribution in [-0.2, 0) is 11.3 Å². The Kier molecular flexibility index (Phi) is 6.32. The van der Waals surface area contributed by atoms with E-state index in [0.29, 0.717) is 23.7 Å². The number of methoxy groups -OCH3 is 2. The molecule has 0 spiro atoms. The molecule has 0 aliphatic carbocycles. The van der Waals surface area contributed by atoms with Crippen molar-refractivity contribution in [1.82, 2.24) is 4.90 Å². The number of carbonyl (C=O) groups excluding carboxylic acids is 1. The maximum Gasteiger partial charge on any atom is 0.393 e. The normalized spacial score (nSPS) is 19.8. The second-order valence-electron chi connectivity index (χ2n) is 7.02. The predicted octanol–water partition coefficient (Wildman–Crippen LogP) is 3.95. The lowest BCUT2D eigenvalue weighted by atomic mass is 9.94. The SMILES string of the molecule is COc1cc(NC(=O)[C@@H]2CN(Cc3ccccc3)C[C@@H]2C(F)(F)F)cc(OC)c1. The zero-order valence-corrected chi connectivity index (χ0v) is 16.2. The van der Waals surface area contributed by atoms with Gasteiger partial charge in [0.2, 0.25) is 5.91 Å². The molecule has 1 amide bonds. The molecule has 1 heterocycles. The van der Waals surface area contributed by atoms with E-state index in [2.05, 4.69) is 5.32 Å². The van der Waals surface area contributed by atoms with Gasteiger partial charge in [-0.15, -0.1) is 0 Å². The summed E-state index contributed by atoms with van der Waals surface area (Å²) in [6, 6.07) is 14.0. The average Bonchev–Trinajstić information content (AvgIpc) is 3.13. The minimum Gasteiger partial charge on any atom is -0.497 e. The van der Waals surface area contributed by atoms with Crippen LogP contribution in [0.5, 0.6) is 11.5 Å². The monoisotopic (exact) mass is 408 g/mol. The fourth-order valence-corrected chi connectivity index (χ4v) is 3.57. The fraction of sp³-hybridized carbons (Fsp3) is 0.381. The van der Waals surface area contributed by atoms with Crippen molar-refractivity contribution in [2.45, 2.75) is 12.7 Å². The number of carbonyl (C=O) groups is 1. The highest BCUT2D eigenvalue weighted by Crippen LogP contribution is 2.39. The van der Waals surface area contributed by atoms with Crippen molar-refractivity contribution in [2.75, 3.05) is 32.6 Å². The summed E-state index contributed by atoms with van der Waals surface area (Å²) in [6.45, 7) is 0.189. The number of hydrogen-bond donors (Lipinski definition) is 1. The number of alkyl halides is 3. The van der Waals surface area contributed by atoms with Crippen LogP contribution in [0.15, 0.2) is 48.5 Å². The number of nitrogens with zero attached hydrogens (tertiary/aromatic N) is 1. The van der Waals surface area contributed by atoms with Crippen LogP contribution in [0.1, 0.15) is 5.56 Å². The van der Waals surface area contributed by atoms with Gasteiger partial charge in [0, 0.05) is 43.5 Å². The maximum absolute atomic E-state index is 13.6. The molecule has 2 aromatic rings. The Bertz CT molecular complexity index is 821. The van der Waals surface area contributed by atoms with Crippen molar-refractivity contribution >= 4 is 11.6 Å². The second-order valence-corrected chi connectivity index (χ2v) is 7.02. The molecule has 1 fully saturated rings. The minimum atomic E-state index is -4.46. The highest BCUT2D eigenvalue weighted by atomic mass is 19.4. The van der Waals surface area contributed by atoms with Crippen LogP contribution >= 0.6 is 0 Å². The molecule has 2 aromatic carbocycles. The molecule has 1 N–H and O–H groups in total. The van der Waals surface area contributed by atoms with Gasteiger partial charge in [0.15, 0.2) is 0 Å². The highest BCUT2D eigenvalue weighted by Gasteiger charge is 2.52. The third-order valence-corrected chi connectivity index (χ3v) is 5.02. The maximum atomic E-state index is 13.6.